The van der Waals surface area contributed by atoms with Crippen LogP contribution in [0.15, 0.2) is 29.8 Å². The Morgan fingerprint density at radius 3 is 2.33 bits per heavy atom. The Kier molecular flexibility index (Phi) is 11.4. The van der Waals surface area contributed by atoms with Gasteiger partial charge in [0, 0.05) is 24.4 Å². The van der Waals surface area contributed by atoms with Crippen molar-refractivity contribution < 1.29 is 14.4 Å². The number of fused-ring (bicyclic) bond motifs is 1. The molecule has 0 aromatic heterocycles. The minimum Gasteiger partial charge on any atom is -0.343 e. The van der Waals surface area contributed by atoms with Crippen molar-refractivity contribution in [1.29, 1.82) is 0 Å². The lowest BCUT2D eigenvalue weighted by Crippen LogP contribution is -2.58. The third-order valence-electron chi connectivity index (χ3n) is 8.64. The lowest BCUT2D eigenvalue weighted by molar-refractivity contribution is -0.140. The highest BCUT2D eigenvalue weighted by Gasteiger charge is 2.36. The normalized spacial score (nSPS) is 19.8. The molecule has 2 N–H and O–H groups in total. The van der Waals surface area contributed by atoms with E-state index in [0.29, 0.717) is 5.57 Å². The van der Waals surface area contributed by atoms with Crippen molar-refractivity contribution in [3.8, 4) is 0 Å². The van der Waals surface area contributed by atoms with Crippen LogP contribution < -0.4 is 10.6 Å². The first-order valence-corrected chi connectivity index (χ1v) is 15.4. The van der Waals surface area contributed by atoms with Gasteiger partial charge in [-0.05, 0) is 94.9 Å². The maximum atomic E-state index is 13.8. The largest absolute Gasteiger partial charge is 0.343 e. The highest BCUT2D eigenvalue weighted by atomic mass is 16.2. The Hall–Kier alpha value is -2.67. The van der Waals surface area contributed by atoms with Crippen LogP contribution in [0.2, 0.25) is 0 Å². The van der Waals surface area contributed by atoms with E-state index in [1.165, 1.54) is 17.5 Å². The van der Waals surface area contributed by atoms with E-state index in [1.54, 1.807) is 11.9 Å². The van der Waals surface area contributed by atoms with Gasteiger partial charge in [-0.2, -0.15) is 0 Å². The zero-order valence-electron chi connectivity index (χ0n) is 26.0. The molecule has 1 aromatic rings. The Bertz CT molecular complexity index is 1080. The fourth-order valence-corrected chi connectivity index (χ4v) is 6.19. The highest BCUT2D eigenvalue weighted by molar-refractivity contribution is 6.04. The number of nitrogens with zero attached hydrogens (tertiary/aromatic N) is 2. The Morgan fingerprint density at radius 2 is 1.68 bits per heavy atom. The van der Waals surface area contributed by atoms with Gasteiger partial charge in [0.25, 0.3) is 5.91 Å². The van der Waals surface area contributed by atoms with Crippen molar-refractivity contribution >= 4 is 23.4 Å². The van der Waals surface area contributed by atoms with Gasteiger partial charge in [-0.1, -0.05) is 52.3 Å². The summed E-state index contributed by atoms with van der Waals surface area (Å²) >= 11 is 0. The van der Waals surface area contributed by atoms with Crippen LogP contribution in [0.25, 0.3) is 0 Å². The van der Waals surface area contributed by atoms with Crippen molar-refractivity contribution in [1.82, 2.24) is 15.1 Å². The molecule has 0 bridgehead atoms. The molecule has 1 fully saturated rings. The van der Waals surface area contributed by atoms with Gasteiger partial charge < -0.3 is 15.5 Å². The van der Waals surface area contributed by atoms with Gasteiger partial charge in [-0.15, -0.1) is 0 Å². The molecule has 3 atom stereocenters. The van der Waals surface area contributed by atoms with E-state index in [0.717, 1.165) is 50.8 Å². The summed E-state index contributed by atoms with van der Waals surface area (Å²) in [6.07, 6.45) is 9.20. The number of hydrogen-bond donors (Lipinski definition) is 2. The molecule has 1 aliphatic heterocycles. The minimum atomic E-state index is -0.631. The van der Waals surface area contributed by atoms with Crippen LogP contribution in [0.5, 0.6) is 0 Å². The average Bonchev–Trinajstić information content (AvgIpc) is 2.93. The van der Waals surface area contributed by atoms with Crippen molar-refractivity contribution in [2.75, 3.05) is 18.9 Å². The summed E-state index contributed by atoms with van der Waals surface area (Å²) in [5.41, 5.74) is 4.03. The Balaban J connectivity index is 1.74. The quantitative estimate of drug-likeness (QED) is 0.384. The maximum absolute atomic E-state index is 13.8. The number of benzene rings is 1. The number of rotatable bonds is 10. The molecule has 1 aromatic carbocycles. The monoisotopic (exact) mass is 552 g/mol. The third kappa shape index (κ3) is 7.74. The molecule has 40 heavy (non-hydrogen) atoms. The number of likely N-dealkylation sites (N-methyl/N-ethyl adjacent to an activating group) is 1. The van der Waals surface area contributed by atoms with E-state index in [-0.39, 0.29) is 47.7 Å². The predicted molar refractivity (Wildman–Crippen MR) is 163 cm³/mol. The summed E-state index contributed by atoms with van der Waals surface area (Å²) in [6, 6.07) is 5.29. The van der Waals surface area contributed by atoms with Gasteiger partial charge in [-0.25, -0.2) is 0 Å². The molecule has 7 nitrogen and oxygen atoms in total. The number of amides is 3. The van der Waals surface area contributed by atoms with Gasteiger partial charge >= 0.3 is 0 Å². The van der Waals surface area contributed by atoms with Crippen LogP contribution in [-0.2, 0) is 27.2 Å². The molecule has 0 unspecified atom stereocenters. The number of hydrogen-bond acceptors (Lipinski definition) is 4. The molecule has 0 saturated carbocycles. The molecular weight excluding hydrogens is 500 g/mol. The molecular formula is C33H52N4O3. The smallest absolute Gasteiger partial charge is 0.251 e. The molecule has 222 valence electrons. The first-order valence-electron chi connectivity index (χ1n) is 15.4. The molecule has 1 saturated heterocycles. The molecule has 7 heteroatoms. The molecule has 0 spiro atoms. The summed E-state index contributed by atoms with van der Waals surface area (Å²) in [7, 11) is 1.78. The standard InChI is InChI=1S/C33H52N4O3/c1-21(2)29(20-24(7)31(38)34-27-17-13-15-25-14-9-10-16-26(25)27)36(8)33(40)30(22(3)4)35-32(39)28-18-11-12-19-37(28)23(5)6/h13,15,17,20-23,28-30H,9-12,14,16,18-19H2,1-8H3,(H,34,38)(H,35,39)/t28-,29-,30+/m1/s1. The summed E-state index contributed by atoms with van der Waals surface area (Å²) in [4.78, 5) is 44.5. The average molecular weight is 553 g/mol. The summed E-state index contributed by atoms with van der Waals surface area (Å²) in [5, 5.41) is 6.24. The van der Waals surface area contributed by atoms with Crippen LogP contribution in [0.4, 0.5) is 5.69 Å². The van der Waals surface area contributed by atoms with E-state index >= 15 is 0 Å². The maximum Gasteiger partial charge on any atom is 0.251 e. The van der Waals surface area contributed by atoms with Crippen molar-refractivity contribution in [3.63, 3.8) is 0 Å². The topological polar surface area (TPSA) is 81.8 Å². The second kappa shape index (κ2) is 14.3. The van der Waals surface area contributed by atoms with Gasteiger partial charge in [0.2, 0.25) is 11.8 Å². The van der Waals surface area contributed by atoms with Crippen molar-refractivity contribution in [2.24, 2.45) is 11.8 Å². The van der Waals surface area contributed by atoms with Crippen LogP contribution in [-0.4, -0.2) is 65.3 Å². The number of aryl methyl sites for hydroxylation is 1. The van der Waals surface area contributed by atoms with Gasteiger partial charge in [0.05, 0.1) is 12.1 Å². The summed E-state index contributed by atoms with van der Waals surface area (Å²) in [5.74, 6) is -0.326. The van der Waals surface area contributed by atoms with E-state index in [4.69, 9.17) is 0 Å². The van der Waals surface area contributed by atoms with E-state index < -0.39 is 6.04 Å². The second-order valence-corrected chi connectivity index (χ2v) is 12.7. The number of anilines is 1. The molecule has 1 heterocycles. The van der Waals surface area contributed by atoms with E-state index in [1.807, 2.05) is 39.0 Å². The fraction of sp³-hybridized carbons (Fsp3) is 0.667. The number of likely N-dealkylation sites (tertiary alicyclic amines) is 1. The van der Waals surface area contributed by atoms with Crippen LogP contribution in [0.3, 0.4) is 0 Å². The highest BCUT2D eigenvalue weighted by Crippen LogP contribution is 2.28. The van der Waals surface area contributed by atoms with Crippen LogP contribution in [0, 0.1) is 11.8 Å². The first-order chi connectivity index (χ1) is 18.9. The van der Waals surface area contributed by atoms with E-state index in [9.17, 15) is 14.4 Å². The predicted octanol–water partition coefficient (Wildman–Crippen LogP) is 5.34. The molecule has 0 radical (unpaired) electrons. The first kappa shape index (κ1) is 31.9. The number of piperidine rings is 1. The van der Waals surface area contributed by atoms with Gasteiger partial charge in [0.1, 0.15) is 6.04 Å². The number of nitrogens with one attached hydrogen (secondary N) is 2. The Morgan fingerprint density at radius 1 is 0.975 bits per heavy atom. The second-order valence-electron chi connectivity index (χ2n) is 12.7. The van der Waals surface area contributed by atoms with Gasteiger partial charge in [-0.3, -0.25) is 19.3 Å². The number of carbonyl (C=O) groups excluding carboxylic acids is 3. The summed E-state index contributed by atoms with van der Waals surface area (Å²) < 4.78 is 0. The molecule has 3 rings (SSSR count). The Labute approximate surface area is 242 Å². The molecule has 2 aliphatic rings. The van der Waals surface area contributed by atoms with Gasteiger partial charge in [0.15, 0.2) is 0 Å². The number of carbonyl (C=O) groups is 3. The van der Waals surface area contributed by atoms with Crippen molar-refractivity contribution in [3.05, 3.63) is 41.0 Å². The minimum absolute atomic E-state index is 0.0627. The third-order valence-corrected chi connectivity index (χ3v) is 8.64. The van der Waals surface area contributed by atoms with Crippen LogP contribution in [0.1, 0.15) is 91.7 Å². The fourth-order valence-electron chi connectivity index (χ4n) is 6.19. The lowest BCUT2D eigenvalue weighted by atomic mass is 9.90. The van der Waals surface area contributed by atoms with E-state index in [2.05, 4.69) is 49.3 Å². The zero-order valence-corrected chi connectivity index (χ0v) is 26.0. The lowest BCUT2D eigenvalue weighted by Gasteiger charge is -2.39. The SMILES string of the molecule is CC(=C[C@H](C(C)C)N(C)C(=O)[C@@H](NC(=O)[C@H]1CCCCN1C(C)C)C(C)C)C(=O)Nc1cccc2c1CCCC2. The summed E-state index contributed by atoms with van der Waals surface area (Å²) in [6.45, 7) is 15.0. The molecule has 3 amide bonds. The zero-order chi connectivity index (χ0) is 29.6. The molecule has 1 aliphatic carbocycles. The van der Waals surface area contributed by atoms with Crippen molar-refractivity contribution in [2.45, 2.75) is 118 Å². The van der Waals surface area contributed by atoms with Crippen LogP contribution >= 0.6 is 0 Å².